The lowest BCUT2D eigenvalue weighted by Crippen LogP contribution is -2.40. The van der Waals surface area contributed by atoms with Crippen LogP contribution in [-0.4, -0.2) is 23.5 Å². The molecule has 2 atom stereocenters. The van der Waals surface area contributed by atoms with Crippen LogP contribution < -0.4 is 5.73 Å². The van der Waals surface area contributed by atoms with Crippen LogP contribution in [0.2, 0.25) is 0 Å². The first-order valence-electron chi connectivity index (χ1n) is 6.41. The van der Waals surface area contributed by atoms with Crippen molar-refractivity contribution in [1.82, 2.24) is 4.90 Å². The number of hydrogen-bond donors (Lipinski definition) is 1. The summed E-state index contributed by atoms with van der Waals surface area (Å²) in [6.45, 7) is 1.25. The molecule has 2 fully saturated rings. The van der Waals surface area contributed by atoms with Crippen molar-refractivity contribution in [3.63, 3.8) is 0 Å². The van der Waals surface area contributed by atoms with Crippen molar-refractivity contribution >= 4 is 11.3 Å². The molecule has 3 rings (SSSR count). The number of likely N-dealkylation sites (tertiary alicyclic amines) is 1. The van der Waals surface area contributed by atoms with E-state index in [4.69, 9.17) is 5.73 Å². The molecule has 2 nitrogen and oxygen atoms in total. The quantitative estimate of drug-likeness (QED) is 0.855. The number of nitrogens with two attached hydrogens (primary N) is 1. The first kappa shape index (κ1) is 10.8. The van der Waals surface area contributed by atoms with E-state index < -0.39 is 0 Å². The summed E-state index contributed by atoms with van der Waals surface area (Å²) in [5.74, 6) is 0. The highest BCUT2D eigenvalue weighted by Crippen LogP contribution is 2.39. The van der Waals surface area contributed by atoms with E-state index in [1.54, 1.807) is 0 Å². The molecule has 1 aromatic heterocycles. The van der Waals surface area contributed by atoms with Gasteiger partial charge in [0.2, 0.25) is 0 Å². The zero-order valence-corrected chi connectivity index (χ0v) is 10.5. The molecule has 88 valence electrons. The fourth-order valence-corrected chi connectivity index (χ4v) is 3.79. The Bertz CT molecular complexity index is 332. The van der Waals surface area contributed by atoms with Gasteiger partial charge in [-0.05, 0) is 43.7 Å². The summed E-state index contributed by atoms with van der Waals surface area (Å²) in [5.41, 5.74) is 6.39. The molecule has 1 saturated carbocycles. The van der Waals surface area contributed by atoms with Gasteiger partial charge in [-0.2, -0.15) is 0 Å². The topological polar surface area (TPSA) is 29.3 Å². The highest BCUT2D eigenvalue weighted by molar-refractivity contribution is 7.10. The third kappa shape index (κ3) is 2.04. The molecule has 1 aliphatic heterocycles. The molecule has 0 radical (unpaired) electrons. The van der Waals surface area contributed by atoms with Gasteiger partial charge in [0, 0.05) is 17.0 Å². The first-order chi connectivity index (χ1) is 7.86. The van der Waals surface area contributed by atoms with Crippen molar-refractivity contribution in [2.75, 3.05) is 6.54 Å². The molecule has 1 aromatic rings. The Morgan fingerprint density at radius 3 is 2.81 bits per heavy atom. The van der Waals surface area contributed by atoms with E-state index in [0.29, 0.717) is 12.1 Å². The number of hydrogen-bond acceptors (Lipinski definition) is 3. The van der Waals surface area contributed by atoms with Crippen molar-refractivity contribution in [3.8, 4) is 0 Å². The maximum Gasteiger partial charge on any atom is 0.0595 e. The Balaban J connectivity index is 1.87. The highest BCUT2D eigenvalue weighted by Gasteiger charge is 2.38. The normalized spacial score (nSPS) is 32.6. The summed E-state index contributed by atoms with van der Waals surface area (Å²) in [6, 6.07) is 6.08. The smallest absolute Gasteiger partial charge is 0.0595 e. The van der Waals surface area contributed by atoms with Gasteiger partial charge >= 0.3 is 0 Å². The fraction of sp³-hybridized carbons (Fsp3) is 0.692. The van der Waals surface area contributed by atoms with Crippen LogP contribution in [-0.2, 0) is 0 Å². The Morgan fingerprint density at radius 2 is 2.12 bits per heavy atom. The molecule has 1 saturated heterocycles. The Labute approximate surface area is 101 Å². The average molecular weight is 236 g/mol. The number of thiophene rings is 1. The summed E-state index contributed by atoms with van der Waals surface area (Å²) in [6.07, 6.45) is 6.58. The van der Waals surface area contributed by atoms with Gasteiger partial charge in [0.05, 0.1) is 6.04 Å². The highest BCUT2D eigenvalue weighted by atomic mass is 32.1. The molecule has 3 heteroatoms. The molecule has 16 heavy (non-hydrogen) atoms. The van der Waals surface area contributed by atoms with Crippen LogP contribution in [0.15, 0.2) is 17.5 Å². The summed E-state index contributed by atoms with van der Waals surface area (Å²) >= 11 is 1.87. The molecular weight excluding hydrogens is 216 g/mol. The molecule has 0 bridgehead atoms. The summed E-state index contributed by atoms with van der Waals surface area (Å²) in [7, 11) is 0. The van der Waals surface area contributed by atoms with Crippen molar-refractivity contribution in [2.24, 2.45) is 5.73 Å². The molecule has 2 heterocycles. The summed E-state index contributed by atoms with van der Waals surface area (Å²) in [4.78, 5) is 4.16. The number of nitrogens with zero attached hydrogens (tertiary/aromatic N) is 1. The van der Waals surface area contributed by atoms with E-state index in [2.05, 4.69) is 22.4 Å². The predicted molar refractivity (Wildman–Crippen MR) is 68.6 cm³/mol. The van der Waals surface area contributed by atoms with E-state index in [-0.39, 0.29) is 0 Å². The van der Waals surface area contributed by atoms with E-state index in [1.165, 1.54) is 43.5 Å². The molecule has 0 amide bonds. The molecule has 0 aromatic carbocycles. The van der Waals surface area contributed by atoms with Gasteiger partial charge in [-0.1, -0.05) is 12.5 Å². The van der Waals surface area contributed by atoms with Crippen LogP contribution in [0.25, 0.3) is 0 Å². The standard InChI is InChI=1S/C13H20N2S/c14-11-4-1-2-8-15(10-6-7-10)13(11)12-5-3-9-16-12/h3,5,9-11,13H,1-2,4,6-8,14H2. The second-order valence-electron chi connectivity index (χ2n) is 5.09. The minimum absolute atomic E-state index is 0.335. The van der Waals surface area contributed by atoms with Gasteiger partial charge in [0.1, 0.15) is 0 Å². The third-order valence-electron chi connectivity index (χ3n) is 3.82. The van der Waals surface area contributed by atoms with Crippen LogP contribution in [0.1, 0.15) is 43.0 Å². The first-order valence-corrected chi connectivity index (χ1v) is 7.29. The molecule has 2 N–H and O–H groups in total. The largest absolute Gasteiger partial charge is 0.326 e. The van der Waals surface area contributed by atoms with Gasteiger partial charge < -0.3 is 5.73 Å². The zero-order valence-electron chi connectivity index (χ0n) is 9.64. The third-order valence-corrected chi connectivity index (χ3v) is 4.76. The lowest BCUT2D eigenvalue weighted by molar-refractivity contribution is 0.178. The maximum absolute atomic E-state index is 6.39. The monoisotopic (exact) mass is 236 g/mol. The maximum atomic E-state index is 6.39. The van der Waals surface area contributed by atoms with Crippen molar-refractivity contribution in [3.05, 3.63) is 22.4 Å². The number of rotatable bonds is 2. The van der Waals surface area contributed by atoms with Crippen LogP contribution in [0.5, 0.6) is 0 Å². The van der Waals surface area contributed by atoms with Gasteiger partial charge in [-0.3, -0.25) is 4.90 Å². The zero-order chi connectivity index (χ0) is 11.0. The second-order valence-corrected chi connectivity index (χ2v) is 6.07. The van der Waals surface area contributed by atoms with Gasteiger partial charge in [-0.25, -0.2) is 0 Å². The van der Waals surface area contributed by atoms with E-state index in [9.17, 15) is 0 Å². The summed E-state index contributed by atoms with van der Waals surface area (Å²) in [5, 5.41) is 2.18. The van der Waals surface area contributed by atoms with Crippen molar-refractivity contribution in [1.29, 1.82) is 0 Å². The van der Waals surface area contributed by atoms with Crippen LogP contribution in [0.3, 0.4) is 0 Å². The lowest BCUT2D eigenvalue weighted by Gasteiger charge is -2.32. The second kappa shape index (κ2) is 4.47. The predicted octanol–water partition coefficient (Wildman–Crippen LogP) is 2.76. The van der Waals surface area contributed by atoms with Crippen molar-refractivity contribution in [2.45, 2.75) is 50.2 Å². The Kier molecular flexibility index (Phi) is 3.01. The molecule has 2 aliphatic rings. The van der Waals surface area contributed by atoms with Gasteiger partial charge in [0.15, 0.2) is 0 Å². The van der Waals surface area contributed by atoms with Crippen LogP contribution >= 0.6 is 11.3 Å². The molecule has 0 spiro atoms. The molecule has 2 unspecified atom stereocenters. The van der Waals surface area contributed by atoms with Crippen LogP contribution in [0, 0.1) is 0 Å². The van der Waals surface area contributed by atoms with Gasteiger partial charge in [0.25, 0.3) is 0 Å². The van der Waals surface area contributed by atoms with Gasteiger partial charge in [-0.15, -0.1) is 11.3 Å². The minimum atomic E-state index is 0.335. The Morgan fingerprint density at radius 1 is 1.25 bits per heavy atom. The lowest BCUT2D eigenvalue weighted by atomic mass is 10.0. The van der Waals surface area contributed by atoms with E-state index in [1.807, 2.05) is 11.3 Å². The van der Waals surface area contributed by atoms with E-state index in [0.717, 1.165) is 6.04 Å². The molecular formula is C13H20N2S. The summed E-state index contributed by atoms with van der Waals surface area (Å²) < 4.78 is 0. The fourth-order valence-electron chi connectivity index (χ4n) is 2.87. The SMILES string of the molecule is NC1CCCCN(C2CC2)C1c1cccs1. The van der Waals surface area contributed by atoms with Crippen molar-refractivity contribution < 1.29 is 0 Å². The van der Waals surface area contributed by atoms with E-state index >= 15 is 0 Å². The average Bonchev–Trinajstić information content (AvgIpc) is 3.02. The Hall–Kier alpha value is -0.380. The minimum Gasteiger partial charge on any atom is -0.326 e. The molecule has 1 aliphatic carbocycles. The van der Waals surface area contributed by atoms with Crippen LogP contribution in [0.4, 0.5) is 0 Å².